The number of nitrogens with zero attached hydrogens (tertiary/aromatic N) is 2. The number of carbonyl (C=O) groups is 3. The molecule has 1 aliphatic carbocycles. The van der Waals surface area contributed by atoms with Gasteiger partial charge in [-0.15, -0.1) is 0 Å². The van der Waals surface area contributed by atoms with Crippen LogP contribution < -0.4 is 0 Å². The summed E-state index contributed by atoms with van der Waals surface area (Å²) in [4.78, 5) is 39.6. The van der Waals surface area contributed by atoms with Gasteiger partial charge < -0.3 is 4.74 Å². The lowest BCUT2D eigenvalue weighted by Gasteiger charge is -2.26. The maximum Gasteiger partial charge on any atom is 0.308 e. The first-order valence-electron chi connectivity index (χ1n) is 9.59. The first-order valence-corrected chi connectivity index (χ1v) is 9.59. The van der Waals surface area contributed by atoms with Crippen LogP contribution in [0.1, 0.15) is 62.6 Å². The number of carbonyl (C=O) groups excluding carboxylic acids is 3. The Balaban J connectivity index is 1.93. The van der Waals surface area contributed by atoms with Crippen LogP contribution in [-0.2, 0) is 19.1 Å². The second-order valence-electron chi connectivity index (χ2n) is 7.22. The molecule has 2 fully saturated rings. The maximum absolute atomic E-state index is 13.0. The molecular weight excluding hydrogens is 344 g/mol. The Hall–Kier alpha value is -2.68. The molecule has 1 aromatic carbocycles. The van der Waals surface area contributed by atoms with Crippen LogP contribution in [0.3, 0.4) is 0 Å². The molecule has 27 heavy (non-hydrogen) atoms. The highest BCUT2D eigenvalue weighted by molar-refractivity contribution is 6.05. The van der Waals surface area contributed by atoms with Crippen LogP contribution in [-0.4, -0.2) is 29.3 Å². The van der Waals surface area contributed by atoms with Crippen LogP contribution in [0.5, 0.6) is 0 Å². The van der Waals surface area contributed by atoms with Gasteiger partial charge in [0, 0.05) is 0 Å². The van der Waals surface area contributed by atoms with E-state index in [1.54, 1.807) is 24.3 Å². The lowest BCUT2D eigenvalue weighted by atomic mass is 9.81. The fourth-order valence-corrected chi connectivity index (χ4v) is 4.10. The van der Waals surface area contributed by atoms with Crippen LogP contribution in [0.2, 0.25) is 0 Å². The molecule has 0 spiro atoms. The number of rotatable bonds is 6. The number of imide groups is 1. The number of hydrogen-bond donors (Lipinski definition) is 0. The van der Waals surface area contributed by atoms with Crippen molar-refractivity contribution >= 4 is 17.8 Å². The fraction of sp³-hybridized carbons (Fsp3) is 0.524. The molecule has 1 saturated carbocycles. The van der Waals surface area contributed by atoms with Crippen molar-refractivity contribution in [1.82, 2.24) is 4.90 Å². The minimum absolute atomic E-state index is 0.0915. The zero-order valence-corrected chi connectivity index (χ0v) is 15.5. The van der Waals surface area contributed by atoms with Crippen LogP contribution in [0.4, 0.5) is 0 Å². The third-order valence-electron chi connectivity index (χ3n) is 5.41. The molecular formula is C21H24N2O4. The molecule has 1 saturated heterocycles. The smallest absolute Gasteiger partial charge is 0.308 e. The van der Waals surface area contributed by atoms with Crippen LogP contribution >= 0.6 is 0 Å². The Morgan fingerprint density at radius 2 is 1.93 bits per heavy atom. The van der Waals surface area contributed by atoms with Crippen molar-refractivity contribution in [3.63, 3.8) is 0 Å². The first-order chi connectivity index (χ1) is 13.1. The quantitative estimate of drug-likeness (QED) is 0.569. The molecule has 6 heteroatoms. The van der Waals surface area contributed by atoms with Crippen molar-refractivity contribution < 1.29 is 19.1 Å². The summed E-state index contributed by atoms with van der Waals surface area (Å²) < 4.78 is 5.20. The van der Waals surface area contributed by atoms with Gasteiger partial charge in [-0.2, -0.15) is 5.26 Å². The third-order valence-corrected chi connectivity index (χ3v) is 5.41. The molecule has 142 valence electrons. The molecule has 6 nitrogen and oxygen atoms in total. The van der Waals surface area contributed by atoms with E-state index in [0.717, 1.165) is 25.7 Å². The van der Waals surface area contributed by atoms with Crippen molar-refractivity contribution in [2.24, 2.45) is 11.8 Å². The molecule has 3 atom stereocenters. The zero-order valence-electron chi connectivity index (χ0n) is 15.5. The van der Waals surface area contributed by atoms with E-state index in [4.69, 9.17) is 4.74 Å². The van der Waals surface area contributed by atoms with Gasteiger partial charge in [0.05, 0.1) is 42.5 Å². The number of amides is 2. The van der Waals surface area contributed by atoms with Gasteiger partial charge in [0.25, 0.3) is 0 Å². The van der Waals surface area contributed by atoms with E-state index in [1.807, 2.05) is 6.92 Å². The van der Waals surface area contributed by atoms with Crippen LogP contribution in [0, 0.1) is 23.2 Å². The van der Waals surface area contributed by atoms with E-state index < -0.39 is 12.0 Å². The summed E-state index contributed by atoms with van der Waals surface area (Å²) in [5.41, 5.74) is 1.04. The van der Waals surface area contributed by atoms with Crippen LogP contribution in [0.25, 0.3) is 0 Å². The normalized spacial score (nSPS) is 22.9. The monoisotopic (exact) mass is 368 g/mol. The van der Waals surface area contributed by atoms with Gasteiger partial charge in [0.15, 0.2) is 0 Å². The second kappa shape index (κ2) is 8.34. The molecule has 3 unspecified atom stereocenters. The zero-order chi connectivity index (χ0) is 19.4. The van der Waals surface area contributed by atoms with Crippen molar-refractivity contribution in [3.05, 3.63) is 35.4 Å². The van der Waals surface area contributed by atoms with E-state index in [9.17, 15) is 19.6 Å². The highest BCUT2D eigenvalue weighted by Crippen LogP contribution is 2.42. The number of likely N-dealkylation sites (tertiary alicyclic amines) is 1. The van der Waals surface area contributed by atoms with Crippen molar-refractivity contribution in [3.8, 4) is 6.07 Å². The summed E-state index contributed by atoms with van der Waals surface area (Å²) in [5.74, 6) is -1.39. The number of esters is 1. The molecule has 0 N–H and O–H groups in total. The molecule has 1 aliphatic heterocycles. The molecule has 1 heterocycles. The molecule has 0 aromatic heterocycles. The predicted octanol–water partition coefficient (Wildman–Crippen LogP) is 3.12. The van der Waals surface area contributed by atoms with E-state index in [1.165, 1.54) is 4.90 Å². The number of nitriles is 1. The highest BCUT2D eigenvalue weighted by Gasteiger charge is 2.51. The SMILES string of the molecule is CCCOC(=O)CC(c1cccc(C#N)c1)N1C(=O)C2CCCCC2C1=O. The first kappa shape index (κ1) is 19.1. The largest absolute Gasteiger partial charge is 0.466 e. The molecule has 1 aromatic rings. The van der Waals surface area contributed by atoms with E-state index in [2.05, 4.69) is 6.07 Å². The summed E-state index contributed by atoms with van der Waals surface area (Å²) in [6.45, 7) is 2.20. The minimum Gasteiger partial charge on any atom is -0.466 e. The van der Waals surface area contributed by atoms with Crippen molar-refractivity contribution in [1.29, 1.82) is 5.26 Å². The van der Waals surface area contributed by atoms with Gasteiger partial charge in [-0.1, -0.05) is 31.9 Å². The third kappa shape index (κ3) is 3.87. The van der Waals surface area contributed by atoms with Gasteiger partial charge in [-0.3, -0.25) is 19.3 Å². The van der Waals surface area contributed by atoms with Crippen molar-refractivity contribution in [2.45, 2.75) is 51.5 Å². The van der Waals surface area contributed by atoms with Gasteiger partial charge in [-0.25, -0.2) is 0 Å². The fourth-order valence-electron chi connectivity index (χ4n) is 4.10. The topological polar surface area (TPSA) is 87.5 Å². The molecule has 3 rings (SSSR count). The second-order valence-corrected chi connectivity index (χ2v) is 7.22. The Morgan fingerprint density at radius 1 is 1.26 bits per heavy atom. The number of ether oxygens (including phenoxy) is 1. The van der Waals surface area contributed by atoms with Gasteiger partial charge in [0.1, 0.15) is 0 Å². The molecule has 0 radical (unpaired) electrons. The molecule has 0 bridgehead atoms. The average Bonchev–Trinajstić information content (AvgIpc) is 2.95. The lowest BCUT2D eigenvalue weighted by molar-refractivity contribution is -0.148. The molecule has 2 amide bonds. The summed E-state index contributed by atoms with van der Waals surface area (Å²) in [6, 6.07) is 8.09. The Kier molecular flexibility index (Phi) is 5.90. The summed E-state index contributed by atoms with van der Waals surface area (Å²) in [5, 5.41) is 9.19. The van der Waals surface area contributed by atoms with Gasteiger partial charge >= 0.3 is 5.97 Å². The minimum atomic E-state index is -0.728. The number of benzene rings is 1. The van der Waals surface area contributed by atoms with Gasteiger partial charge in [0.2, 0.25) is 11.8 Å². The van der Waals surface area contributed by atoms with Gasteiger partial charge in [-0.05, 0) is 37.0 Å². The summed E-state index contributed by atoms with van der Waals surface area (Å²) in [6.07, 6.45) is 3.94. The van der Waals surface area contributed by atoms with Crippen LogP contribution in [0.15, 0.2) is 24.3 Å². The number of hydrogen-bond acceptors (Lipinski definition) is 5. The average molecular weight is 368 g/mol. The predicted molar refractivity (Wildman–Crippen MR) is 97.1 cm³/mol. The maximum atomic E-state index is 13.0. The van der Waals surface area contributed by atoms with Crippen molar-refractivity contribution in [2.75, 3.05) is 6.61 Å². The van der Waals surface area contributed by atoms with E-state index >= 15 is 0 Å². The molecule has 2 aliphatic rings. The lowest BCUT2D eigenvalue weighted by Crippen LogP contribution is -2.36. The van der Waals surface area contributed by atoms with E-state index in [0.29, 0.717) is 24.2 Å². The Labute approximate surface area is 159 Å². The Morgan fingerprint density at radius 3 is 2.52 bits per heavy atom. The van der Waals surface area contributed by atoms with E-state index in [-0.39, 0.29) is 30.1 Å². The summed E-state index contributed by atoms with van der Waals surface area (Å²) >= 11 is 0. The summed E-state index contributed by atoms with van der Waals surface area (Å²) in [7, 11) is 0. The number of fused-ring (bicyclic) bond motifs is 1. The highest BCUT2D eigenvalue weighted by atomic mass is 16.5. The Bertz CT molecular complexity index is 759. The standard InChI is InChI=1S/C21H24N2O4/c1-2-10-27-19(24)12-18(15-7-5-6-14(11-15)13-22)23-20(25)16-8-3-4-9-17(16)21(23)26/h5-7,11,16-18H,2-4,8-10,12H2,1H3.